The van der Waals surface area contributed by atoms with E-state index in [9.17, 15) is 0 Å². The van der Waals surface area contributed by atoms with Gasteiger partial charge in [-0.3, -0.25) is 0 Å². The molecule has 0 aromatic heterocycles. The maximum Gasteiger partial charge on any atom is -0.0354 e. The number of hydrogen-bond donors (Lipinski definition) is 0. The maximum absolute atomic E-state index is 2.40. The lowest BCUT2D eigenvalue weighted by Crippen LogP contribution is -2.26. The maximum atomic E-state index is 2.40. The van der Waals surface area contributed by atoms with Gasteiger partial charge in [-0.1, -0.05) is 47.0 Å². The summed E-state index contributed by atoms with van der Waals surface area (Å²) in [5.74, 6) is 2.01. The molecule has 0 unspecified atom stereocenters. The second-order valence-corrected chi connectivity index (χ2v) is 5.50. The van der Waals surface area contributed by atoms with Crippen molar-refractivity contribution < 1.29 is 0 Å². The number of rotatable bonds is 1. The molecule has 0 bridgehead atoms. The van der Waals surface area contributed by atoms with Crippen LogP contribution in [0.2, 0.25) is 0 Å². The summed E-state index contributed by atoms with van der Waals surface area (Å²) in [4.78, 5) is 0. The fraction of sp³-hybridized carbons (Fsp3) is 1.00. The van der Waals surface area contributed by atoms with Crippen molar-refractivity contribution in [3.05, 3.63) is 0 Å². The van der Waals surface area contributed by atoms with E-state index in [0.717, 1.165) is 11.8 Å². The van der Waals surface area contributed by atoms with E-state index >= 15 is 0 Å². The van der Waals surface area contributed by atoms with Gasteiger partial charge in [-0.15, -0.1) is 0 Å². The largest absolute Gasteiger partial charge is 0.0651 e. The Kier molecular flexibility index (Phi) is 3.20. The van der Waals surface area contributed by atoms with E-state index in [4.69, 9.17) is 0 Å². The van der Waals surface area contributed by atoms with Gasteiger partial charge >= 0.3 is 0 Å². The predicted octanol–water partition coefficient (Wildman–Crippen LogP) is 4.25. The molecule has 12 heavy (non-hydrogen) atoms. The quantitative estimate of drug-likeness (QED) is 0.549. The average molecular weight is 168 g/mol. The summed E-state index contributed by atoms with van der Waals surface area (Å²) in [6, 6.07) is 0. The summed E-state index contributed by atoms with van der Waals surface area (Å²) in [6.45, 7) is 9.54. The van der Waals surface area contributed by atoms with E-state index < -0.39 is 0 Å². The molecule has 0 N–H and O–H groups in total. The summed E-state index contributed by atoms with van der Waals surface area (Å²) in [5, 5.41) is 0. The normalized spacial score (nSPS) is 32.0. The minimum atomic E-state index is 0.549. The van der Waals surface area contributed by atoms with E-state index in [1.54, 1.807) is 0 Å². The van der Waals surface area contributed by atoms with Crippen LogP contribution in [0.3, 0.4) is 0 Å². The first-order valence-corrected chi connectivity index (χ1v) is 5.54. The third kappa shape index (κ3) is 2.50. The molecule has 1 rings (SSSR count). The minimum absolute atomic E-state index is 0.549. The summed E-state index contributed by atoms with van der Waals surface area (Å²) in [5.41, 5.74) is 0.549. The van der Waals surface area contributed by atoms with Crippen LogP contribution in [0.25, 0.3) is 0 Å². The molecule has 1 aliphatic carbocycles. The number of hydrogen-bond acceptors (Lipinski definition) is 0. The highest BCUT2D eigenvalue weighted by molar-refractivity contribution is 4.80. The van der Waals surface area contributed by atoms with Crippen LogP contribution in [0.1, 0.15) is 59.8 Å². The Morgan fingerprint density at radius 3 is 2.33 bits per heavy atom. The van der Waals surface area contributed by atoms with E-state index in [1.807, 2.05) is 0 Å². The molecule has 1 fully saturated rings. The van der Waals surface area contributed by atoms with Crippen LogP contribution in [-0.2, 0) is 0 Å². The first-order chi connectivity index (χ1) is 5.54. The third-order valence-corrected chi connectivity index (χ3v) is 3.58. The van der Waals surface area contributed by atoms with Crippen LogP contribution < -0.4 is 0 Å². The zero-order valence-electron chi connectivity index (χ0n) is 9.19. The van der Waals surface area contributed by atoms with Gasteiger partial charge in [0, 0.05) is 0 Å². The molecule has 0 saturated heterocycles. The van der Waals surface area contributed by atoms with Crippen molar-refractivity contribution in [1.82, 2.24) is 0 Å². The zero-order chi connectivity index (χ0) is 9.19. The van der Waals surface area contributed by atoms with Gasteiger partial charge in [0.2, 0.25) is 0 Å². The Bertz CT molecular complexity index is 129. The second kappa shape index (κ2) is 3.81. The molecule has 0 nitrogen and oxygen atoms in total. The Labute approximate surface area is 77.7 Å². The van der Waals surface area contributed by atoms with E-state index in [1.165, 1.54) is 32.1 Å². The summed E-state index contributed by atoms with van der Waals surface area (Å²) in [7, 11) is 0. The Morgan fingerprint density at radius 2 is 1.83 bits per heavy atom. The lowest BCUT2D eigenvalue weighted by Gasteiger charge is -2.37. The summed E-state index contributed by atoms with van der Waals surface area (Å²) < 4.78 is 0. The van der Waals surface area contributed by atoms with Gasteiger partial charge in [0.25, 0.3) is 0 Å². The fourth-order valence-electron chi connectivity index (χ4n) is 2.45. The molecule has 72 valence electrons. The smallest absolute Gasteiger partial charge is 0.0354 e. The van der Waals surface area contributed by atoms with Crippen molar-refractivity contribution in [2.24, 2.45) is 17.3 Å². The van der Waals surface area contributed by atoms with E-state index in [2.05, 4.69) is 27.7 Å². The molecule has 1 saturated carbocycles. The Balaban J connectivity index is 2.46. The summed E-state index contributed by atoms with van der Waals surface area (Å²) in [6.07, 6.45) is 7.32. The van der Waals surface area contributed by atoms with Crippen molar-refractivity contribution >= 4 is 0 Å². The standard InChI is InChI=1S/C12H24/c1-5-10-7-6-8-11(9-10)12(2,3)4/h10-11H,5-9H2,1-4H3/t10-,11+/m1/s1. The highest BCUT2D eigenvalue weighted by Gasteiger charge is 2.29. The van der Waals surface area contributed by atoms with Crippen LogP contribution in [0.4, 0.5) is 0 Å². The molecule has 0 radical (unpaired) electrons. The van der Waals surface area contributed by atoms with Gasteiger partial charge in [-0.05, 0) is 30.1 Å². The zero-order valence-corrected chi connectivity index (χ0v) is 9.19. The monoisotopic (exact) mass is 168 g/mol. The van der Waals surface area contributed by atoms with Gasteiger partial charge in [0.05, 0.1) is 0 Å². The molecule has 1 aliphatic rings. The molecule has 2 atom stereocenters. The average Bonchev–Trinajstić information content (AvgIpc) is 2.03. The Hall–Kier alpha value is 0. The molecule has 0 spiro atoms. The van der Waals surface area contributed by atoms with Gasteiger partial charge < -0.3 is 0 Å². The van der Waals surface area contributed by atoms with Crippen molar-refractivity contribution in [2.45, 2.75) is 59.8 Å². The summed E-state index contributed by atoms with van der Waals surface area (Å²) >= 11 is 0. The van der Waals surface area contributed by atoms with E-state index in [-0.39, 0.29) is 0 Å². The van der Waals surface area contributed by atoms with Crippen LogP contribution in [0.15, 0.2) is 0 Å². The first-order valence-electron chi connectivity index (χ1n) is 5.54. The SMILES string of the molecule is CC[C@@H]1CCC[C@H](C(C)(C)C)C1. The topological polar surface area (TPSA) is 0 Å². The van der Waals surface area contributed by atoms with Crippen LogP contribution >= 0.6 is 0 Å². The highest BCUT2D eigenvalue weighted by atomic mass is 14.3. The van der Waals surface area contributed by atoms with E-state index in [0.29, 0.717) is 5.41 Å². The van der Waals surface area contributed by atoms with Crippen LogP contribution in [0, 0.1) is 17.3 Å². The van der Waals surface area contributed by atoms with Crippen LogP contribution in [0.5, 0.6) is 0 Å². The van der Waals surface area contributed by atoms with Gasteiger partial charge in [-0.25, -0.2) is 0 Å². The highest BCUT2D eigenvalue weighted by Crippen LogP contribution is 2.40. The lowest BCUT2D eigenvalue weighted by atomic mass is 9.69. The van der Waals surface area contributed by atoms with Crippen molar-refractivity contribution in [2.75, 3.05) is 0 Å². The third-order valence-electron chi connectivity index (χ3n) is 3.58. The van der Waals surface area contributed by atoms with Crippen molar-refractivity contribution in [3.8, 4) is 0 Å². The molecular formula is C12H24. The molecule has 0 heterocycles. The molecule has 0 aliphatic heterocycles. The molecule has 0 amide bonds. The predicted molar refractivity (Wildman–Crippen MR) is 55.2 cm³/mol. The van der Waals surface area contributed by atoms with Gasteiger partial charge in [-0.2, -0.15) is 0 Å². The first kappa shape index (κ1) is 10.1. The van der Waals surface area contributed by atoms with Gasteiger partial charge in [0.1, 0.15) is 0 Å². The molecule has 0 heteroatoms. The Morgan fingerprint density at radius 1 is 1.17 bits per heavy atom. The molecule has 0 aromatic rings. The van der Waals surface area contributed by atoms with Crippen molar-refractivity contribution in [3.63, 3.8) is 0 Å². The fourth-order valence-corrected chi connectivity index (χ4v) is 2.45. The second-order valence-electron chi connectivity index (χ2n) is 5.50. The lowest BCUT2D eigenvalue weighted by molar-refractivity contribution is 0.139. The molecule has 0 aromatic carbocycles. The minimum Gasteiger partial charge on any atom is -0.0651 e. The van der Waals surface area contributed by atoms with Gasteiger partial charge in [0.15, 0.2) is 0 Å². The molecular weight excluding hydrogens is 144 g/mol. The van der Waals surface area contributed by atoms with Crippen LogP contribution in [-0.4, -0.2) is 0 Å². The van der Waals surface area contributed by atoms with Crippen molar-refractivity contribution in [1.29, 1.82) is 0 Å².